The topological polar surface area (TPSA) is 59.7 Å². The second kappa shape index (κ2) is 10.6. The number of rotatable bonds is 7. The zero-order valence-electron chi connectivity index (χ0n) is 21.4. The Morgan fingerprint density at radius 2 is 1.38 bits per heavy atom. The average Bonchev–Trinajstić information content (AvgIpc) is 3.54. The lowest BCUT2D eigenvalue weighted by atomic mass is 10.0. The summed E-state index contributed by atoms with van der Waals surface area (Å²) in [6.45, 7) is 2.35. The molecule has 5 aromatic rings. The van der Waals surface area contributed by atoms with Crippen molar-refractivity contribution in [3.8, 4) is 22.7 Å². The fourth-order valence-electron chi connectivity index (χ4n) is 4.46. The first-order chi connectivity index (χ1) is 19.2. The molecule has 2 heterocycles. The van der Waals surface area contributed by atoms with Gasteiger partial charge in [-0.3, -0.25) is 4.79 Å². The molecule has 6 nitrogen and oxygen atoms in total. The maximum Gasteiger partial charge on any atom is 0.280 e. The molecule has 39 heavy (non-hydrogen) atoms. The highest BCUT2D eigenvalue weighted by molar-refractivity contribution is 6.32. The molecule has 0 aliphatic carbocycles. The number of anilines is 1. The first-order valence-electron chi connectivity index (χ1n) is 12.7. The Balaban J connectivity index is 1.33. The van der Waals surface area contributed by atoms with Crippen LogP contribution in [0.15, 0.2) is 132 Å². The molecule has 0 saturated carbocycles. The number of hydrogen-bond donors (Lipinski definition) is 0. The van der Waals surface area contributed by atoms with Gasteiger partial charge in [-0.1, -0.05) is 66.7 Å². The summed E-state index contributed by atoms with van der Waals surface area (Å²) in [5.74, 6) is 0.610. The summed E-state index contributed by atoms with van der Waals surface area (Å²) in [6.07, 6.45) is 3.83. The summed E-state index contributed by atoms with van der Waals surface area (Å²) in [6, 6.07) is 37.3. The number of aromatic nitrogens is 2. The molecular formula is C33H26N4O2. The summed E-state index contributed by atoms with van der Waals surface area (Å²) in [4.78, 5) is 13.4. The Bertz CT molecular complexity index is 1660. The molecule has 6 heteroatoms. The predicted octanol–water partition coefficient (Wildman–Crippen LogP) is 6.92. The van der Waals surface area contributed by atoms with E-state index in [0.717, 1.165) is 39.5 Å². The Morgan fingerprint density at radius 1 is 0.769 bits per heavy atom. The number of nitrogens with zero attached hydrogens (tertiary/aromatic N) is 4. The molecule has 1 aliphatic heterocycles. The number of carbonyl (C=O) groups is 1. The van der Waals surface area contributed by atoms with Gasteiger partial charge in [0.1, 0.15) is 12.4 Å². The van der Waals surface area contributed by atoms with Crippen LogP contribution < -0.4 is 9.75 Å². The SMILES string of the molecule is CC1=NN(c2ccccc2)C(=O)C1=Cc1cn(-c2ccccc2)nc1-c1ccc(OCc2ccccc2)cc1. The molecule has 0 N–H and O–H groups in total. The van der Waals surface area contributed by atoms with Gasteiger partial charge >= 0.3 is 0 Å². The zero-order chi connectivity index (χ0) is 26.6. The molecule has 0 spiro atoms. The lowest BCUT2D eigenvalue weighted by molar-refractivity contribution is -0.114. The van der Waals surface area contributed by atoms with Crippen molar-refractivity contribution in [2.45, 2.75) is 13.5 Å². The van der Waals surface area contributed by atoms with E-state index in [1.807, 2.05) is 139 Å². The Kier molecular flexibility index (Phi) is 6.58. The van der Waals surface area contributed by atoms with Crippen LogP contribution in [0.4, 0.5) is 5.69 Å². The van der Waals surface area contributed by atoms with E-state index in [1.54, 1.807) is 0 Å². The molecule has 6 rings (SSSR count). The van der Waals surface area contributed by atoms with Crippen molar-refractivity contribution in [2.75, 3.05) is 5.01 Å². The van der Waals surface area contributed by atoms with E-state index in [2.05, 4.69) is 5.10 Å². The summed E-state index contributed by atoms with van der Waals surface area (Å²) >= 11 is 0. The van der Waals surface area contributed by atoms with Crippen LogP contribution in [-0.4, -0.2) is 21.4 Å². The van der Waals surface area contributed by atoms with Gasteiger partial charge in [-0.2, -0.15) is 15.2 Å². The normalized spacial score (nSPS) is 14.1. The van der Waals surface area contributed by atoms with Gasteiger partial charge in [0, 0.05) is 17.3 Å². The molecule has 0 radical (unpaired) electrons. The van der Waals surface area contributed by atoms with Gasteiger partial charge in [0.05, 0.1) is 28.4 Å². The second-order valence-electron chi connectivity index (χ2n) is 9.21. The Hall–Kier alpha value is -5.23. The molecular weight excluding hydrogens is 484 g/mol. The van der Waals surface area contributed by atoms with Crippen molar-refractivity contribution in [2.24, 2.45) is 5.10 Å². The van der Waals surface area contributed by atoms with E-state index in [0.29, 0.717) is 17.9 Å². The van der Waals surface area contributed by atoms with Gasteiger partial charge < -0.3 is 4.74 Å². The number of hydrogen-bond acceptors (Lipinski definition) is 4. The molecule has 190 valence electrons. The first-order valence-corrected chi connectivity index (χ1v) is 12.7. The fourth-order valence-corrected chi connectivity index (χ4v) is 4.46. The van der Waals surface area contributed by atoms with E-state index in [4.69, 9.17) is 9.84 Å². The Morgan fingerprint density at radius 3 is 2.05 bits per heavy atom. The van der Waals surface area contributed by atoms with Gasteiger partial charge in [-0.15, -0.1) is 0 Å². The second-order valence-corrected chi connectivity index (χ2v) is 9.21. The third-order valence-electron chi connectivity index (χ3n) is 6.50. The minimum Gasteiger partial charge on any atom is -0.489 e. The lowest BCUT2D eigenvalue weighted by Crippen LogP contribution is -2.21. The smallest absolute Gasteiger partial charge is 0.280 e. The van der Waals surface area contributed by atoms with Crippen molar-refractivity contribution in [3.63, 3.8) is 0 Å². The molecule has 0 fully saturated rings. The standard InChI is InChI=1S/C33H26N4O2/c1-24-31(33(38)37(34-24)29-15-9-4-10-16-29)21-27-22-36(28-13-7-3-8-14-28)35-32(27)26-17-19-30(20-18-26)39-23-25-11-5-2-6-12-25/h2-22H,23H2,1H3. The summed E-state index contributed by atoms with van der Waals surface area (Å²) < 4.78 is 7.81. The third kappa shape index (κ3) is 5.13. The summed E-state index contributed by atoms with van der Waals surface area (Å²) in [7, 11) is 0. The number of benzene rings is 4. The van der Waals surface area contributed by atoms with Crippen LogP contribution in [0.5, 0.6) is 5.75 Å². The summed E-state index contributed by atoms with van der Waals surface area (Å²) in [5, 5.41) is 10.9. The molecule has 1 aromatic heterocycles. The van der Waals surface area contributed by atoms with Crippen molar-refractivity contribution in [3.05, 3.63) is 138 Å². The van der Waals surface area contributed by atoms with Crippen LogP contribution in [0.2, 0.25) is 0 Å². The molecule has 4 aromatic carbocycles. The zero-order valence-corrected chi connectivity index (χ0v) is 21.4. The molecule has 0 atom stereocenters. The molecule has 0 unspecified atom stereocenters. The number of para-hydroxylation sites is 2. The van der Waals surface area contributed by atoms with Crippen LogP contribution in [0, 0.1) is 0 Å². The van der Waals surface area contributed by atoms with Gasteiger partial charge in [0.25, 0.3) is 5.91 Å². The quantitative estimate of drug-likeness (QED) is 0.223. The Labute approximate surface area is 227 Å². The third-order valence-corrected chi connectivity index (χ3v) is 6.50. The van der Waals surface area contributed by atoms with Gasteiger partial charge in [0.2, 0.25) is 0 Å². The number of amides is 1. The van der Waals surface area contributed by atoms with Crippen molar-refractivity contribution in [1.82, 2.24) is 9.78 Å². The van der Waals surface area contributed by atoms with Crippen molar-refractivity contribution >= 4 is 23.4 Å². The van der Waals surface area contributed by atoms with Crippen molar-refractivity contribution in [1.29, 1.82) is 0 Å². The molecule has 0 saturated heterocycles. The lowest BCUT2D eigenvalue weighted by Gasteiger charge is -2.11. The van der Waals surface area contributed by atoms with Crippen LogP contribution >= 0.6 is 0 Å². The van der Waals surface area contributed by atoms with Crippen LogP contribution in [0.25, 0.3) is 23.0 Å². The van der Waals surface area contributed by atoms with E-state index < -0.39 is 0 Å². The van der Waals surface area contributed by atoms with Crippen LogP contribution in [-0.2, 0) is 11.4 Å². The van der Waals surface area contributed by atoms with Crippen molar-refractivity contribution < 1.29 is 9.53 Å². The van der Waals surface area contributed by atoms with E-state index in [-0.39, 0.29) is 5.91 Å². The maximum absolute atomic E-state index is 13.4. The minimum absolute atomic E-state index is 0.165. The minimum atomic E-state index is -0.165. The molecule has 1 aliphatic rings. The maximum atomic E-state index is 13.4. The van der Waals surface area contributed by atoms with E-state index >= 15 is 0 Å². The highest BCUT2D eigenvalue weighted by atomic mass is 16.5. The van der Waals surface area contributed by atoms with Gasteiger partial charge in [-0.05, 0) is 67.1 Å². The summed E-state index contributed by atoms with van der Waals surface area (Å²) in [5.41, 5.74) is 6.48. The van der Waals surface area contributed by atoms with Crippen LogP contribution in [0.3, 0.4) is 0 Å². The number of carbonyl (C=O) groups excluding carboxylic acids is 1. The number of ether oxygens (including phenoxy) is 1. The first kappa shape index (κ1) is 24.1. The predicted molar refractivity (Wildman–Crippen MR) is 155 cm³/mol. The average molecular weight is 511 g/mol. The van der Waals surface area contributed by atoms with E-state index in [9.17, 15) is 4.79 Å². The van der Waals surface area contributed by atoms with E-state index in [1.165, 1.54) is 5.01 Å². The largest absolute Gasteiger partial charge is 0.489 e. The monoisotopic (exact) mass is 510 g/mol. The number of hydrazone groups is 1. The van der Waals surface area contributed by atoms with Gasteiger partial charge in [0.15, 0.2) is 0 Å². The highest BCUT2D eigenvalue weighted by Gasteiger charge is 2.29. The molecule has 0 bridgehead atoms. The fraction of sp³-hybridized carbons (Fsp3) is 0.0606. The van der Waals surface area contributed by atoms with Gasteiger partial charge in [-0.25, -0.2) is 4.68 Å². The molecule has 1 amide bonds. The highest BCUT2D eigenvalue weighted by Crippen LogP contribution is 2.30. The van der Waals surface area contributed by atoms with Crippen LogP contribution in [0.1, 0.15) is 18.1 Å².